The third-order valence-corrected chi connectivity index (χ3v) is 3.05. The van der Waals surface area contributed by atoms with Crippen molar-refractivity contribution in [1.82, 2.24) is 5.32 Å². The summed E-state index contributed by atoms with van der Waals surface area (Å²) in [5, 5.41) is 3.07. The summed E-state index contributed by atoms with van der Waals surface area (Å²) < 4.78 is 0. The van der Waals surface area contributed by atoms with Gasteiger partial charge in [-0.15, -0.1) is 0 Å². The summed E-state index contributed by atoms with van der Waals surface area (Å²) in [6, 6.07) is 10.7. The van der Waals surface area contributed by atoms with Crippen molar-refractivity contribution in [2.45, 2.75) is 38.6 Å². The van der Waals surface area contributed by atoms with Gasteiger partial charge in [0.05, 0.1) is 0 Å². The zero-order valence-electron chi connectivity index (χ0n) is 9.78. The minimum Gasteiger partial charge on any atom is -0.353 e. The van der Waals surface area contributed by atoms with Crippen molar-refractivity contribution in [2.75, 3.05) is 0 Å². The van der Waals surface area contributed by atoms with E-state index in [4.69, 9.17) is 0 Å². The molecule has 16 heavy (non-hydrogen) atoms. The maximum atomic E-state index is 11.5. The molecule has 0 aliphatic heterocycles. The number of hydrogen-bond donors (Lipinski definition) is 1. The van der Waals surface area contributed by atoms with Crippen molar-refractivity contribution < 1.29 is 4.79 Å². The Bertz CT molecular complexity index is 343. The van der Waals surface area contributed by atoms with Crippen molar-refractivity contribution >= 4 is 5.91 Å². The lowest BCUT2D eigenvalue weighted by molar-refractivity contribution is -0.122. The van der Waals surface area contributed by atoms with E-state index in [1.165, 1.54) is 5.56 Å². The SMILES string of the molecule is C[C@@H](CCc1ccccc1)NC(=O)C1CC1. The smallest absolute Gasteiger partial charge is 0.223 e. The average Bonchev–Trinajstić information content (AvgIpc) is 3.11. The number of amides is 1. The highest BCUT2D eigenvalue weighted by atomic mass is 16.2. The van der Waals surface area contributed by atoms with Crippen LogP contribution in [0.1, 0.15) is 31.7 Å². The molecule has 0 radical (unpaired) electrons. The third-order valence-electron chi connectivity index (χ3n) is 3.05. The largest absolute Gasteiger partial charge is 0.353 e. The lowest BCUT2D eigenvalue weighted by atomic mass is 10.1. The lowest BCUT2D eigenvalue weighted by Crippen LogP contribution is -2.33. The molecule has 1 aliphatic carbocycles. The molecule has 0 aromatic heterocycles. The molecule has 0 saturated heterocycles. The monoisotopic (exact) mass is 217 g/mol. The van der Waals surface area contributed by atoms with Crippen molar-refractivity contribution in [3.8, 4) is 0 Å². The van der Waals surface area contributed by atoms with Gasteiger partial charge in [-0.2, -0.15) is 0 Å². The summed E-state index contributed by atoms with van der Waals surface area (Å²) in [4.78, 5) is 11.5. The molecule has 1 atom stereocenters. The van der Waals surface area contributed by atoms with E-state index in [1.807, 2.05) is 6.07 Å². The highest BCUT2D eigenvalue weighted by Gasteiger charge is 2.29. The summed E-state index contributed by atoms with van der Waals surface area (Å²) in [6.45, 7) is 2.09. The molecule has 1 fully saturated rings. The Labute approximate surface area is 97.1 Å². The average molecular weight is 217 g/mol. The molecule has 86 valence electrons. The van der Waals surface area contributed by atoms with Gasteiger partial charge in [-0.3, -0.25) is 4.79 Å². The van der Waals surface area contributed by atoms with E-state index >= 15 is 0 Å². The van der Waals surface area contributed by atoms with Gasteiger partial charge in [0, 0.05) is 12.0 Å². The Kier molecular flexibility index (Phi) is 3.60. The van der Waals surface area contributed by atoms with Crippen LogP contribution in [-0.2, 0) is 11.2 Å². The van der Waals surface area contributed by atoms with E-state index in [1.54, 1.807) is 0 Å². The lowest BCUT2D eigenvalue weighted by Gasteiger charge is -2.13. The van der Waals surface area contributed by atoms with E-state index in [0.717, 1.165) is 25.7 Å². The first-order chi connectivity index (χ1) is 7.75. The van der Waals surface area contributed by atoms with Gasteiger partial charge in [0.1, 0.15) is 0 Å². The Balaban J connectivity index is 1.71. The second-order valence-electron chi connectivity index (χ2n) is 4.71. The van der Waals surface area contributed by atoms with Crippen LogP contribution in [0.15, 0.2) is 30.3 Å². The van der Waals surface area contributed by atoms with Crippen molar-refractivity contribution in [1.29, 1.82) is 0 Å². The van der Waals surface area contributed by atoms with E-state index in [9.17, 15) is 4.79 Å². The first kappa shape index (κ1) is 11.2. The van der Waals surface area contributed by atoms with Gasteiger partial charge in [0.25, 0.3) is 0 Å². The van der Waals surface area contributed by atoms with Crippen molar-refractivity contribution in [2.24, 2.45) is 5.92 Å². The molecule has 0 spiro atoms. The van der Waals surface area contributed by atoms with Gasteiger partial charge in [-0.25, -0.2) is 0 Å². The topological polar surface area (TPSA) is 29.1 Å². The molecule has 0 heterocycles. The quantitative estimate of drug-likeness (QED) is 0.806. The number of aryl methyl sites for hydroxylation is 1. The minimum atomic E-state index is 0.251. The molecule has 1 aliphatic rings. The Hall–Kier alpha value is -1.31. The summed E-state index contributed by atoms with van der Waals surface area (Å²) in [5.41, 5.74) is 1.34. The first-order valence-corrected chi connectivity index (χ1v) is 6.10. The fourth-order valence-electron chi connectivity index (χ4n) is 1.81. The standard InChI is InChI=1S/C14H19NO/c1-11(15-14(16)13-9-10-13)7-8-12-5-3-2-4-6-12/h2-6,11,13H,7-10H2,1H3,(H,15,16)/t11-/m0/s1. The summed E-state index contributed by atoms with van der Waals surface area (Å²) in [5.74, 6) is 0.569. The van der Waals surface area contributed by atoms with Crippen LogP contribution in [0, 0.1) is 5.92 Å². The van der Waals surface area contributed by atoms with Gasteiger partial charge in [-0.1, -0.05) is 30.3 Å². The Morgan fingerprint density at radius 3 is 2.69 bits per heavy atom. The Morgan fingerprint density at radius 1 is 1.38 bits per heavy atom. The molecule has 0 unspecified atom stereocenters. The first-order valence-electron chi connectivity index (χ1n) is 6.10. The minimum absolute atomic E-state index is 0.251. The van der Waals surface area contributed by atoms with E-state index in [0.29, 0.717) is 5.92 Å². The summed E-state index contributed by atoms with van der Waals surface area (Å²) in [7, 11) is 0. The van der Waals surface area contributed by atoms with Crippen LogP contribution < -0.4 is 5.32 Å². The third kappa shape index (κ3) is 3.37. The second-order valence-corrected chi connectivity index (χ2v) is 4.71. The number of hydrogen-bond acceptors (Lipinski definition) is 1. The fourth-order valence-corrected chi connectivity index (χ4v) is 1.81. The Morgan fingerprint density at radius 2 is 2.06 bits per heavy atom. The molecular weight excluding hydrogens is 198 g/mol. The number of carbonyl (C=O) groups is 1. The second kappa shape index (κ2) is 5.15. The number of nitrogens with one attached hydrogen (secondary N) is 1. The molecule has 2 nitrogen and oxygen atoms in total. The van der Waals surface area contributed by atoms with Crippen LogP contribution in [0.2, 0.25) is 0 Å². The normalized spacial score (nSPS) is 16.8. The van der Waals surface area contributed by atoms with Gasteiger partial charge in [0.15, 0.2) is 0 Å². The number of carbonyl (C=O) groups excluding carboxylic acids is 1. The molecule has 1 aromatic carbocycles. The van der Waals surface area contributed by atoms with Crippen LogP contribution in [0.4, 0.5) is 0 Å². The van der Waals surface area contributed by atoms with Crippen LogP contribution in [0.3, 0.4) is 0 Å². The molecule has 2 heteroatoms. The number of benzene rings is 1. The van der Waals surface area contributed by atoms with Gasteiger partial charge in [-0.05, 0) is 38.2 Å². The molecular formula is C14H19NO. The van der Waals surface area contributed by atoms with Crippen LogP contribution >= 0.6 is 0 Å². The summed E-state index contributed by atoms with van der Waals surface area (Å²) in [6.07, 6.45) is 4.21. The molecule has 1 amide bonds. The molecule has 0 bridgehead atoms. The van der Waals surface area contributed by atoms with Crippen LogP contribution in [-0.4, -0.2) is 11.9 Å². The van der Waals surface area contributed by atoms with E-state index < -0.39 is 0 Å². The van der Waals surface area contributed by atoms with E-state index in [-0.39, 0.29) is 11.9 Å². The maximum absolute atomic E-state index is 11.5. The van der Waals surface area contributed by atoms with Crippen molar-refractivity contribution in [3.63, 3.8) is 0 Å². The predicted molar refractivity (Wildman–Crippen MR) is 65.1 cm³/mol. The van der Waals surface area contributed by atoms with Gasteiger partial charge >= 0.3 is 0 Å². The van der Waals surface area contributed by atoms with Crippen LogP contribution in [0.5, 0.6) is 0 Å². The highest BCUT2D eigenvalue weighted by molar-refractivity contribution is 5.81. The molecule has 1 N–H and O–H groups in total. The fraction of sp³-hybridized carbons (Fsp3) is 0.500. The zero-order chi connectivity index (χ0) is 11.4. The molecule has 1 saturated carbocycles. The van der Waals surface area contributed by atoms with Crippen molar-refractivity contribution in [3.05, 3.63) is 35.9 Å². The van der Waals surface area contributed by atoms with Gasteiger partial charge in [0.2, 0.25) is 5.91 Å². The maximum Gasteiger partial charge on any atom is 0.223 e. The predicted octanol–water partition coefficient (Wildman–Crippen LogP) is 2.53. The van der Waals surface area contributed by atoms with E-state index in [2.05, 4.69) is 36.5 Å². The zero-order valence-corrected chi connectivity index (χ0v) is 9.78. The van der Waals surface area contributed by atoms with Crippen LogP contribution in [0.25, 0.3) is 0 Å². The summed E-state index contributed by atoms with van der Waals surface area (Å²) >= 11 is 0. The highest BCUT2D eigenvalue weighted by Crippen LogP contribution is 2.28. The number of rotatable bonds is 5. The van der Waals surface area contributed by atoms with Gasteiger partial charge < -0.3 is 5.32 Å². The molecule has 2 rings (SSSR count). The molecule has 1 aromatic rings.